The summed E-state index contributed by atoms with van der Waals surface area (Å²) in [7, 11) is 0. The van der Waals surface area contributed by atoms with Gasteiger partial charge in [0.05, 0.1) is 12.5 Å². The van der Waals surface area contributed by atoms with Gasteiger partial charge in [-0.3, -0.25) is 4.79 Å². The number of aryl methyl sites for hydroxylation is 2. The number of rotatable bonds is 5. The molecule has 1 aromatic heterocycles. The number of nitrogens with zero attached hydrogens (tertiary/aromatic N) is 1. The second-order valence-electron chi connectivity index (χ2n) is 6.18. The van der Waals surface area contributed by atoms with Crippen molar-refractivity contribution in [2.45, 2.75) is 26.3 Å². The van der Waals surface area contributed by atoms with Crippen molar-refractivity contribution >= 4 is 11.6 Å². The molecule has 0 fully saturated rings. The van der Waals surface area contributed by atoms with Crippen molar-refractivity contribution in [2.24, 2.45) is 0 Å². The lowest BCUT2D eigenvalue weighted by Crippen LogP contribution is -2.19. The van der Waals surface area contributed by atoms with E-state index in [1.807, 2.05) is 61.8 Å². The quantitative estimate of drug-likeness (QED) is 0.725. The van der Waals surface area contributed by atoms with Crippen LogP contribution in [-0.2, 0) is 4.79 Å². The molecule has 3 rings (SSSR count). The van der Waals surface area contributed by atoms with E-state index in [-0.39, 0.29) is 11.9 Å². The Labute approximate surface area is 143 Å². The van der Waals surface area contributed by atoms with Gasteiger partial charge in [0, 0.05) is 18.1 Å². The van der Waals surface area contributed by atoms with Crippen LogP contribution in [0.3, 0.4) is 0 Å². The number of benzene rings is 2. The molecule has 0 aliphatic carbocycles. The van der Waals surface area contributed by atoms with Crippen molar-refractivity contribution in [3.05, 3.63) is 89.7 Å². The van der Waals surface area contributed by atoms with E-state index in [4.69, 9.17) is 0 Å². The Morgan fingerprint density at radius 2 is 1.62 bits per heavy atom. The summed E-state index contributed by atoms with van der Waals surface area (Å²) in [5.74, 6) is 0.0146. The first-order valence-corrected chi connectivity index (χ1v) is 8.17. The van der Waals surface area contributed by atoms with E-state index in [9.17, 15) is 4.79 Å². The molecule has 0 spiro atoms. The third-order valence-electron chi connectivity index (χ3n) is 4.09. The number of nitrogens with one attached hydrogen (secondary N) is 1. The van der Waals surface area contributed by atoms with Gasteiger partial charge in [0.25, 0.3) is 0 Å². The van der Waals surface area contributed by atoms with E-state index >= 15 is 0 Å². The Morgan fingerprint density at radius 3 is 2.29 bits per heavy atom. The molecule has 0 bridgehead atoms. The number of hydrogen-bond donors (Lipinski definition) is 1. The van der Waals surface area contributed by atoms with Crippen LogP contribution in [0.25, 0.3) is 0 Å². The van der Waals surface area contributed by atoms with Gasteiger partial charge in [0.15, 0.2) is 0 Å². The van der Waals surface area contributed by atoms with Crippen LogP contribution in [0.2, 0.25) is 0 Å². The molecule has 1 amide bonds. The van der Waals surface area contributed by atoms with Crippen LogP contribution in [0.15, 0.2) is 73.1 Å². The summed E-state index contributed by atoms with van der Waals surface area (Å²) >= 11 is 0. The molecular weight excluding hydrogens is 296 g/mol. The van der Waals surface area contributed by atoms with Gasteiger partial charge in [-0.1, -0.05) is 42.0 Å². The zero-order chi connectivity index (χ0) is 16.9. The zero-order valence-corrected chi connectivity index (χ0v) is 14.1. The maximum atomic E-state index is 12.6. The highest BCUT2D eigenvalue weighted by atomic mass is 16.1. The first-order valence-electron chi connectivity index (χ1n) is 8.17. The molecule has 0 aliphatic rings. The number of carbonyl (C=O) groups is 1. The molecule has 0 radical (unpaired) electrons. The maximum Gasteiger partial charge on any atom is 0.226 e. The van der Waals surface area contributed by atoms with E-state index in [2.05, 4.69) is 35.0 Å². The van der Waals surface area contributed by atoms with E-state index in [1.54, 1.807) is 0 Å². The highest BCUT2D eigenvalue weighted by Crippen LogP contribution is 2.24. The largest absolute Gasteiger partial charge is 0.346 e. The normalized spacial score (nSPS) is 11.9. The lowest BCUT2D eigenvalue weighted by atomic mass is 10.0. The number of carbonyl (C=O) groups excluding carboxylic acids is 1. The molecule has 0 aliphatic heterocycles. The minimum absolute atomic E-state index is 0.00953. The summed E-state index contributed by atoms with van der Waals surface area (Å²) in [5.41, 5.74) is 4.32. The van der Waals surface area contributed by atoms with Crippen molar-refractivity contribution in [1.29, 1.82) is 0 Å². The van der Waals surface area contributed by atoms with Crippen LogP contribution < -0.4 is 5.32 Å². The van der Waals surface area contributed by atoms with Gasteiger partial charge in [-0.15, -0.1) is 0 Å². The second-order valence-corrected chi connectivity index (χ2v) is 6.18. The second kappa shape index (κ2) is 7.18. The van der Waals surface area contributed by atoms with Crippen LogP contribution >= 0.6 is 0 Å². The molecule has 3 aromatic rings. The smallest absolute Gasteiger partial charge is 0.226 e. The Bertz CT molecular complexity index is 821. The topological polar surface area (TPSA) is 34.0 Å². The summed E-state index contributed by atoms with van der Waals surface area (Å²) in [6.45, 7) is 4.09. The molecule has 0 saturated heterocycles. The van der Waals surface area contributed by atoms with Crippen molar-refractivity contribution < 1.29 is 4.79 Å². The highest BCUT2D eigenvalue weighted by molar-refractivity contribution is 5.91. The molecule has 1 atom stereocenters. The summed E-state index contributed by atoms with van der Waals surface area (Å²) < 4.78 is 2.09. The maximum absolute atomic E-state index is 12.6. The molecule has 3 nitrogen and oxygen atoms in total. The van der Waals surface area contributed by atoms with Crippen LogP contribution in [0.5, 0.6) is 0 Å². The average Bonchev–Trinajstić information content (AvgIpc) is 3.07. The fourth-order valence-corrected chi connectivity index (χ4v) is 2.94. The van der Waals surface area contributed by atoms with Crippen LogP contribution in [0, 0.1) is 13.8 Å². The zero-order valence-electron chi connectivity index (χ0n) is 14.1. The number of anilines is 1. The molecule has 1 heterocycles. The Kier molecular flexibility index (Phi) is 4.80. The molecule has 1 N–H and O–H groups in total. The first-order chi connectivity index (χ1) is 11.6. The molecule has 0 unspecified atom stereocenters. The van der Waals surface area contributed by atoms with Crippen molar-refractivity contribution in [3.8, 4) is 0 Å². The van der Waals surface area contributed by atoms with Gasteiger partial charge in [-0.25, -0.2) is 0 Å². The van der Waals surface area contributed by atoms with Gasteiger partial charge in [-0.05, 0) is 49.2 Å². The van der Waals surface area contributed by atoms with Crippen LogP contribution in [-0.4, -0.2) is 10.5 Å². The van der Waals surface area contributed by atoms with Gasteiger partial charge in [-0.2, -0.15) is 0 Å². The Hall–Kier alpha value is -2.81. The summed E-state index contributed by atoms with van der Waals surface area (Å²) in [6, 6.07) is 20.2. The molecule has 122 valence electrons. The van der Waals surface area contributed by atoms with Crippen LogP contribution in [0.4, 0.5) is 5.69 Å². The number of hydrogen-bond acceptors (Lipinski definition) is 1. The van der Waals surface area contributed by atoms with E-state index in [0.717, 1.165) is 16.8 Å². The van der Waals surface area contributed by atoms with E-state index < -0.39 is 0 Å². The SMILES string of the molecule is Cc1cccc(NC(=O)C[C@H](c2cccc(C)c2)n2cccc2)c1. The van der Waals surface area contributed by atoms with E-state index in [1.165, 1.54) is 5.56 Å². The van der Waals surface area contributed by atoms with Crippen LogP contribution in [0.1, 0.15) is 29.2 Å². The minimum atomic E-state index is -0.00953. The predicted molar refractivity (Wildman–Crippen MR) is 98.2 cm³/mol. The van der Waals surface area contributed by atoms with Crippen molar-refractivity contribution in [3.63, 3.8) is 0 Å². The number of aromatic nitrogens is 1. The molecular formula is C21H22N2O. The van der Waals surface area contributed by atoms with Gasteiger partial charge in [0.1, 0.15) is 0 Å². The van der Waals surface area contributed by atoms with E-state index in [0.29, 0.717) is 6.42 Å². The third kappa shape index (κ3) is 3.93. The lowest BCUT2D eigenvalue weighted by molar-refractivity contribution is -0.116. The fraction of sp³-hybridized carbons (Fsp3) is 0.190. The minimum Gasteiger partial charge on any atom is -0.346 e. The first kappa shape index (κ1) is 16.1. The average molecular weight is 318 g/mol. The number of amides is 1. The van der Waals surface area contributed by atoms with Gasteiger partial charge in [0.2, 0.25) is 5.91 Å². The fourth-order valence-electron chi connectivity index (χ4n) is 2.94. The Morgan fingerprint density at radius 1 is 0.958 bits per heavy atom. The summed E-state index contributed by atoms with van der Waals surface area (Å²) in [4.78, 5) is 12.6. The van der Waals surface area contributed by atoms with Crippen molar-refractivity contribution in [2.75, 3.05) is 5.32 Å². The van der Waals surface area contributed by atoms with Gasteiger partial charge < -0.3 is 9.88 Å². The molecule has 2 aromatic carbocycles. The monoisotopic (exact) mass is 318 g/mol. The lowest BCUT2D eigenvalue weighted by Gasteiger charge is -2.20. The summed E-state index contributed by atoms with van der Waals surface area (Å²) in [6.07, 6.45) is 4.41. The Balaban J connectivity index is 1.80. The molecule has 3 heteroatoms. The summed E-state index contributed by atoms with van der Waals surface area (Å²) in [5, 5.41) is 3.01. The molecule has 0 saturated carbocycles. The highest BCUT2D eigenvalue weighted by Gasteiger charge is 2.17. The third-order valence-corrected chi connectivity index (χ3v) is 4.09. The molecule has 24 heavy (non-hydrogen) atoms. The van der Waals surface area contributed by atoms with Gasteiger partial charge >= 0.3 is 0 Å². The standard InChI is InChI=1S/C21H22N2O/c1-16-7-5-9-18(13-16)20(23-11-3-4-12-23)15-21(24)22-19-10-6-8-17(2)14-19/h3-14,20H,15H2,1-2H3,(H,22,24)/t20-/m1/s1. The van der Waals surface area contributed by atoms with Crippen molar-refractivity contribution in [1.82, 2.24) is 4.57 Å². The predicted octanol–water partition coefficient (Wildman–Crippen LogP) is 4.72.